The van der Waals surface area contributed by atoms with E-state index in [9.17, 15) is 13.2 Å². The molecule has 0 amide bonds. The molecule has 0 spiro atoms. The first kappa shape index (κ1) is 13.1. The Kier molecular flexibility index (Phi) is 3.26. The number of benzene rings is 1. The molecule has 5 heteroatoms. The summed E-state index contributed by atoms with van der Waals surface area (Å²) in [6, 6.07) is 8.46. The second kappa shape index (κ2) is 4.73. The maximum Gasteiger partial charge on any atom is 0.417 e. The van der Waals surface area contributed by atoms with Gasteiger partial charge in [-0.3, -0.25) is 4.98 Å². The Hall–Kier alpha value is -2.35. The van der Waals surface area contributed by atoms with Crippen LogP contribution in [0.4, 0.5) is 13.2 Å². The number of aryl methyl sites for hydroxylation is 1. The summed E-state index contributed by atoms with van der Waals surface area (Å²) >= 11 is 0. The van der Waals surface area contributed by atoms with Gasteiger partial charge < -0.3 is 0 Å². The lowest BCUT2D eigenvalue weighted by molar-refractivity contribution is -0.137. The van der Waals surface area contributed by atoms with Crippen LogP contribution in [0.5, 0.6) is 0 Å². The first-order chi connectivity index (χ1) is 8.91. The summed E-state index contributed by atoms with van der Waals surface area (Å²) in [6.45, 7) is 1.76. The van der Waals surface area contributed by atoms with Gasteiger partial charge in [0.15, 0.2) is 0 Å². The third kappa shape index (κ3) is 2.74. The molecule has 0 radical (unpaired) electrons. The Labute approximate surface area is 108 Å². The molecular weight excluding hydrogens is 253 g/mol. The molecule has 0 fully saturated rings. The SMILES string of the molecule is Cc1ccc(-c2ccc(C#N)cc2C(F)(F)F)cn1. The van der Waals surface area contributed by atoms with Crippen molar-refractivity contribution in [3.05, 3.63) is 53.3 Å². The van der Waals surface area contributed by atoms with Crippen molar-refractivity contribution < 1.29 is 13.2 Å². The smallest absolute Gasteiger partial charge is 0.261 e. The molecule has 19 heavy (non-hydrogen) atoms. The largest absolute Gasteiger partial charge is 0.417 e. The van der Waals surface area contributed by atoms with Crippen molar-refractivity contribution in [2.45, 2.75) is 13.1 Å². The number of halogens is 3. The third-order valence-electron chi connectivity index (χ3n) is 2.68. The molecule has 1 aromatic carbocycles. The Bertz CT molecular complexity index is 637. The van der Waals surface area contributed by atoms with Crippen molar-refractivity contribution in [1.82, 2.24) is 4.98 Å². The molecule has 0 aliphatic rings. The van der Waals surface area contributed by atoms with Crippen molar-refractivity contribution in [1.29, 1.82) is 5.26 Å². The Morgan fingerprint density at radius 2 is 1.89 bits per heavy atom. The molecule has 0 saturated heterocycles. The summed E-state index contributed by atoms with van der Waals surface area (Å²) in [5.74, 6) is 0. The lowest BCUT2D eigenvalue weighted by atomic mass is 9.98. The molecule has 2 nitrogen and oxygen atoms in total. The maximum absolute atomic E-state index is 13.0. The number of alkyl halides is 3. The van der Waals surface area contributed by atoms with E-state index < -0.39 is 11.7 Å². The molecule has 0 saturated carbocycles. The summed E-state index contributed by atoms with van der Waals surface area (Å²) in [4.78, 5) is 3.99. The van der Waals surface area contributed by atoms with Crippen molar-refractivity contribution in [3.63, 3.8) is 0 Å². The van der Waals surface area contributed by atoms with E-state index in [4.69, 9.17) is 5.26 Å². The van der Waals surface area contributed by atoms with E-state index >= 15 is 0 Å². The molecule has 0 aliphatic carbocycles. The molecule has 2 rings (SSSR count). The molecule has 0 bridgehead atoms. The second-order valence-corrected chi connectivity index (χ2v) is 4.06. The number of hydrogen-bond donors (Lipinski definition) is 0. The average Bonchev–Trinajstić information content (AvgIpc) is 2.38. The quantitative estimate of drug-likeness (QED) is 0.780. The van der Waals surface area contributed by atoms with Gasteiger partial charge in [-0.15, -0.1) is 0 Å². The summed E-state index contributed by atoms with van der Waals surface area (Å²) in [5, 5.41) is 8.70. The van der Waals surface area contributed by atoms with Gasteiger partial charge in [-0.25, -0.2) is 0 Å². The number of nitriles is 1. The van der Waals surface area contributed by atoms with Crippen molar-refractivity contribution in [3.8, 4) is 17.2 Å². The summed E-state index contributed by atoms with van der Waals surface area (Å²) in [6.07, 6.45) is -3.11. The molecule has 1 heterocycles. The standard InChI is InChI=1S/C14H9F3N2/c1-9-2-4-11(8-19-9)12-5-3-10(7-18)6-13(12)14(15,16)17/h2-6,8H,1H3. The Balaban J connectivity index is 2.63. The zero-order valence-corrected chi connectivity index (χ0v) is 9.99. The van der Waals surface area contributed by atoms with Gasteiger partial charge in [-0.1, -0.05) is 12.1 Å². The van der Waals surface area contributed by atoms with Crippen molar-refractivity contribution in [2.24, 2.45) is 0 Å². The van der Waals surface area contributed by atoms with Crippen LogP contribution in [-0.2, 0) is 6.18 Å². The molecule has 1 aromatic heterocycles. The molecule has 0 unspecified atom stereocenters. The van der Waals surface area contributed by atoms with Crippen LogP contribution in [0.2, 0.25) is 0 Å². The summed E-state index contributed by atoms with van der Waals surface area (Å²) in [5.41, 5.74) is 0.292. The number of rotatable bonds is 1. The highest BCUT2D eigenvalue weighted by Gasteiger charge is 2.34. The number of aromatic nitrogens is 1. The highest BCUT2D eigenvalue weighted by molar-refractivity contribution is 5.68. The van der Waals surface area contributed by atoms with Crippen LogP contribution in [0.3, 0.4) is 0 Å². The normalized spacial score (nSPS) is 11.1. The van der Waals surface area contributed by atoms with Crippen LogP contribution in [0.25, 0.3) is 11.1 Å². The van der Waals surface area contributed by atoms with E-state index in [0.29, 0.717) is 5.56 Å². The third-order valence-corrected chi connectivity index (χ3v) is 2.68. The van der Waals surface area contributed by atoms with Gasteiger partial charge in [-0.05, 0) is 30.7 Å². The lowest BCUT2D eigenvalue weighted by Crippen LogP contribution is -2.07. The molecule has 0 atom stereocenters. The van der Waals surface area contributed by atoms with E-state index in [0.717, 1.165) is 11.8 Å². The van der Waals surface area contributed by atoms with Gasteiger partial charge in [0.1, 0.15) is 0 Å². The fourth-order valence-electron chi connectivity index (χ4n) is 1.73. The van der Waals surface area contributed by atoms with E-state index in [2.05, 4.69) is 4.98 Å². The van der Waals surface area contributed by atoms with E-state index in [1.807, 2.05) is 0 Å². The topological polar surface area (TPSA) is 36.7 Å². The average molecular weight is 262 g/mol. The van der Waals surface area contributed by atoms with Crippen LogP contribution < -0.4 is 0 Å². The van der Waals surface area contributed by atoms with Crippen LogP contribution in [0.15, 0.2) is 36.5 Å². The van der Waals surface area contributed by atoms with Gasteiger partial charge in [0, 0.05) is 17.5 Å². The zero-order valence-electron chi connectivity index (χ0n) is 9.99. The summed E-state index contributed by atoms with van der Waals surface area (Å²) < 4.78 is 39.0. The number of pyridine rings is 1. The molecule has 0 aliphatic heterocycles. The first-order valence-electron chi connectivity index (χ1n) is 5.46. The Morgan fingerprint density at radius 3 is 2.42 bits per heavy atom. The first-order valence-corrected chi connectivity index (χ1v) is 5.46. The van der Waals surface area contributed by atoms with Crippen LogP contribution in [0.1, 0.15) is 16.8 Å². The fraction of sp³-hybridized carbons (Fsp3) is 0.143. The van der Waals surface area contributed by atoms with E-state index in [1.54, 1.807) is 25.1 Å². The molecular formula is C14H9F3N2. The van der Waals surface area contributed by atoms with E-state index in [-0.39, 0.29) is 11.1 Å². The minimum Gasteiger partial charge on any atom is -0.261 e. The zero-order chi connectivity index (χ0) is 14.0. The van der Waals surface area contributed by atoms with Gasteiger partial charge in [0.2, 0.25) is 0 Å². The van der Waals surface area contributed by atoms with Gasteiger partial charge >= 0.3 is 6.18 Å². The number of nitrogens with zero attached hydrogens (tertiary/aromatic N) is 2. The van der Waals surface area contributed by atoms with Crippen molar-refractivity contribution >= 4 is 0 Å². The predicted molar refractivity (Wildman–Crippen MR) is 64.1 cm³/mol. The summed E-state index contributed by atoms with van der Waals surface area (Å²) in [7, 11) is 0. The number of hydrogen-bond acceptors (Lipinski definition) is 2. The van der Waals surface area contributed by atoms with Gasteiger partial charge in [0.05, 0.1) is 17.2 Å². The van der Waals surface area contributed by atoms with Crippen LogP contribution in [-0.4, -0.2) is 4.98 Å². The minimum absolute atomic E-state index is 0.0175. The molecule has 96 valence electrons. The lowest BCUT2D eigenvalue weighted by Gasteiger charge is -2.13. The molecule has 0 N–H and O–H groups in total. The van der Waals surface area contributed by atoms with Crippen LogP contribution in [0, 0.1) is 18.3 Å². The minimum atomic E-state index is -4.51. The highest BCUT2D eigenvalue weighted by Crippen LogP contribution is 2.37. The van der Waals surface area contributed by atoms with Crippen LogP contribution >= 0.6 is 0 Å². The molecule has 2 aromatic rings. The van der Waals surface area contributed by atoms with Gasteiger partial charge in [-0.2, -0.15) is 18.4 Å². The fourth-order valence-corrected chi connectivity index (χ4v) is 1.73. The maximum atomic E-state index is 13.0. The monoisotopic (exact) mass is 262 g/mol. The Morgan fingerprint density at radius 1 is 1.16 bits per heavy atom. The van der Waals surface area contributed by atoms with E-state index in [1.165, 1.54) is 18.3 Å². The predicted octanol–water partition coefficient (Wildman–Crippen LogP) is 3.95. The van der Waals surface area contributed by atoms with Crippen molar-refractivity contribution in [2.75, 3.05) is 0 Å². The highest BCUT2D eigenvalue weighted by atomic mass is 19.4. The second-order valence-electron chi connectivity index (χ2n) is 4.06. The van der Waals surface area contributed by atoms with Gasteiger partial charge in [0.25, 0.3) is 0 Å².